The number of thiophene rings is 1. The Labute approximate surface area is 82.7 Å². The van der Waals surface area contributed by atoms with Crippen LogP contribution in [0.1, 0.15) is 9.67 Å². The van der Waals surface area contributed by atoms with Gasteiger partial charge in [-0.3, -0.25) is 4.79 Å². The summed E-state index contributed by atoms with van der Waals surface area (Å²) in [5.74, 6) is -0.450. The molecule has 0 radical (unpaired) electrons. The summed E-state index contributed by atoms with van der Waals surface area (Å²) in [6.45, 7) is 0. The fraction of sp³-hybridized carbons (Fsp3) is 0. The molecule has 1 nitrogen and oxygen atoms in total. The Morgan fingerprint density at radius 3 is 2.92 bits per heavy atom. The number of halogens is 2. The minimum atomic E-state index is -0.450. The van der Waals surface area contributed by atoms with Crippen molar-refractivity contribution < 1.29 is 9.18 Å². The summed E-state index contributed by atoms with van der Waals surface area (Å²) in [7, 11) is 0. The monoisotopic (exact) mass is 214 g/mol. The lowest BCUT2D eigenvalue weighted by molar-refractivity contribution is 0.112. The van der Waals surface area contributed by atoms with E-state index in [4.69, 9.17) is 11.6 Å². The van der Waals surface area contributed by atoms with Crippen molar-refractivity contribution in [3.05, 3.63) is 33.9 Å². The third-order valence-corrected chi connectivity index (χ3v) is 3.29. The molecule has 0 spiro atoms. The molecule has 1 heterocycles. The molecular formula is C9H4ClFOS. The molecule has 1 aromatic heterocycles. The molecule has 13 heavy (non-hydrogen) atoms. The quantitative estimate of drug-likeness (QED) is 0.664. The molecule has 2 rings (SSSR count). The van der Waals surface area contributed by atoms with Crippen LogP contribution in [0, 0.1) is 5.82 Å². The highest BCUT2D eigenvalue weighted by atomic mass is 35.5. The molecule has 2 aromatic rings. The molecule has 66 valence electrons. The zero-order valence-corrected chi connectivity index (χ0v) is 7.95. The summed E-state index contributed by atoms with van der Waals surface area (Å²) in [6.07, 6.45) is 0.735. The summed E-state index contributed by atoms with van der Waals surface area (Å²) in [5.41, 5.74) is 0. The largest absolute Gasteiger partial charge is 0.297 e. The third-order valence-electron chi connectivity index (χ3n) is 1.71. The van der Waals surface area contributed by atoms with Crippen molar-refractivity contribution in [2.45, 2.75) is 0 Å². The maximum absolute atomic E-state index is 12.9. The van der Waals surface area contributed by atoms with Crippen molar-refractivity contribution >= 4 is 39.3 Å². The molecule has 0 aliphatic heterocycles. The Balaban J connectivity index is 2.83. The molecule has 0 saturated heterocycles. The summed E-state index contributed by atoms with van der Waals surface area (Å²) in [4.78, 5) is 11.0. The van der Waals surface area contributed by atoms with Gasteiger partial charge >= 0.3 is 0 Å². The summed E-state index contributed by atoms with van der Waals surface area (Å²) in [5, 5.41) is 0.897. The van der Waals surface area contributed by atoms with Crippen LogP contribution in [0.25, 0.3) is 10.1 Å². The van der Waals surface area contributed by atoms with Crippen LogP contribution in [0.2, 0.25) is 5.02 Å². The lowest BCUT2D eigenvalue weighted by atomic mass is 10.2. The van der Waals surface area contributed by atoms with Crippen molar-refractivity contribution in [2.24, 2.45) is 0 Å². The Kier molecular flexibility index (Phi) is 2.06. The first-order valence-corrected chi connectivity index (χ1v) is 4.74. The number of aldehydes is 1. The summed E-state index contributed by atoms with van der Waals surface area (Å²) < 4.78 is 13.6. The molecule has 0 unspecified atom stereocenters. The molecule has 0 fully saturated rings. The van der Waals surface area contributed by atoms with E-state index in [2.05, 4.69) is 0 Å². The van der Waals surface area contributed by atoms with Crippen molar-refractivity contribution in [3.8, 4) is 0 Å². The second-order valence-electron chi connectivity index (χ2n) is 2.55. The molecule has 4 heteroatoms. The number of carbonyl (C=O) groups is 1. The number of hydrogen-bond acceptors (Lipinski definition) is 2. The van der Waals surface area contributed by atoms with Gasteiger partial charge in [0.05, 0.1) is 14.6 Å². The number of fused-ring (bicyclic) bond motifs is 1. The van der Waals surface area contributed by atoms with Gasteiger partial charge in [-0.2, -0.15) is 0 Å². The highest BCUT2D eigenvalue weighted by Crippen LogP contribution is 2.32. The smallest absolute Gasteiger partial charge is 0.160 e. The zero-order chi connectivity index (χ0) is 9.42. The van der Waals surface area contributed by atoms with E-state index in [9.17, 15) is 9.18 Å². The van der Waals surface area contributed by atoms with Gasteiger partial charge in [0.2, 0.25) is 0 Å². The first-order valence-electron chi connectivity index (χ1n) is 3.55. The molecule has 0 amide bonds. The molecule has 0 saturated carbocycles. The average molecular weight is 215 g/mol. The van der Waals surface area contributed by atoms with E-state index in [0.29, 0.717) is 9.58 Å². The first kappa shape index (κ1) is 8.66. The second-order valence-corrected chi connectivity index (χ2v) is 4.01. The predicted molar refractivity (Wildman–Crippen MR) is 52.2 cm³/mol. The second kappa shape index (κ2) is 3.09. The van der Waals surface area contributed by atoms with Gasteiger partial charge in [-0.25, -0.2) is 4.39 Å². The molecule has 0 bridgehead atoms. The van der Waals surface area contributed by atoms with E-state index in [1.807, 2.05) is 0 Å². The van der Waals surface area contributed by atoms with E-state index >= 15 is 0 Å². The van der Waals surface area contributed by atoms with E-state index in [-0.39, 0.29) is 5.02 Å². The van der Waals surface area contributed by atoms with E-state index < -0.39 is 5.82 Å². The van der Waals surface area contributed by atoms with Gasteiger partial charge in [0.1, 0.15) is 5.82 Å². The van der Waals surface area contributed by atoms with E-state index in [1.165, 1.54) is 17.4 Å². The fourth-order valence-corrected chi connectivity index (χ4v) is 2.31. The minimum absolute atomic E-state index is 0.0931. The summed E-state index contributed by atoms with van der Waals surface area (Å²) >= 11 is 6.91. The maximum Gasteiger partial charge on any atom is 0.160 e. The van der Waals surface area contributed by atoms with Crippen molar-refractivity contribution in [2.75, 3.05) is 0 Å². The Bertz CT molecular complexity index is 478. The van der Waals surface area contributed by atoms with Crippen molar-refractivity contribution in [1.29, 1.82) is 0 Å². The number of benzene rings is 1. The van der Waals surface area contributed by atoms with Gasteiger partial charge in [0.25, 0.3) is 0 Å². The lowest BCUT2D eigenvalue weighted by Gasteiger charge is -1.93. The van der Waals surface area contributed by atoms with E-state index in [0.717, 1.165) is 11.7 Å². The van der Waals surface area contributed by atoms with Crippen LogP contribution in [0.3, 0.4) is 0 Å². The van der Waals surface area contributed by atoms with Gasteiger partial charge in [-0.15, -0.1) is 11.3 Å². The van der Waals surface area contributed by atoms with Gasteiger partial charge in [-0.1, -0.05) is 17.7 Å². The van der Waals surface area contributed by atoms with Gasteiger partial charge in [0.15, 0.2) is 6.29 Å². The third kappa shape index (κ3) is 1.34. The Hall–Kier alpha value is -0.930. The van der Waals surface area contributed by atoms with E-state index in [1.54, 1.807) is 12.1 Å². The molecular weight excluding hydrogens is 211 g/mol. The number of carbonyl (C=O) groups excluding carboxylic acids is 1. The van der Waals surface area contributed by atoms with Crippen LogP contribution >= 0.6 is 22.9 Å². The predicted octanol–water partition coefficient (Wildman–Crippen LogP) is 3.51. The normalized spacial score (nSPS) is 10.6. The minimum Gasteiger partial charge on any atom is -0.297 e. The van der Waals surface area contributed by atoms with Crippen LogP contribution in [-0.4, -0.2) is 6.29 Å². The van der Waals surface area contributed by atoms with Crippen molar-refractivity contribution in [1.82, 2.24) is 0 Å². The average Bonchev–Trinajstić information content (AvgIpc) is 2.55. The first-order chi connectivity index (χ1) is 6.22. The van der Waals surface area contributed by atoms with Gasteiger partial charge < -0.3 is 0 Å². The molecule has 0 N–H and O–H groups in total. The highest BCUT2D eigenvalue weighted by molar-refractivity contribution is 7.21. The zero-order valence-electron chi connectivity index (χ0n) is 6.38. The fourth-order valence-electron chi connectivity index (χ4n) is 1.12. The Morgan fingerprint density at radius 2 is 2.23 bits per heavy atom. The topological polar surface area (TPSA) is 17.1 Å². The van der Waals surface area contributed by atoms with Crippen LogP contribution in [0.15, 0.2) is 18.2 Å². The SMILES string of the molecule is O=Cc1cc2ccc(F)c(Cl)c2s1. The number of rotatable bonds is 1. The molecule has 0 aliphatic rings. The molecule has 1 aromatic carbocycles. The number of hydrogen-bond donors (Lipinski definition) is 0. The van der Waals surface area contributed by atoms with Gasteiger partial charge in [-0.05, 0) is 17.5 Å². The van der Waals surface area contributed by atoms with Crippen LogP contribution in [0.5, 0.6) is 0 Å². The highest BCUT2D eigenvalue weighted by Gasteiger charge is 2.08. The summed E-state index contributed by atoms with van der Waals surface area (Å²) in [6, 6.07) is 4.60. The van der Waals surface area contributed by atoms with Crippen LogP contribution < -0.4 is 0 Å². The van der Waals surface area contributed by atoms with Crippen LogP contribution in [0.4, 0.5) is 4.39 Å². The lowest BCUT2D eigenvalue weighted by Crippen LogP contribution is -1.73. The van der Waals surface area contributed by atoms with Crippen LogP contribution in [-0.2, 0) is 0 Å². The van der Waals surface area contributed by atoms with Gasteiger partial charge in [0, 0.05) is 0 Å². The standard InChI is InChI=1S/C9H4ClFOS/c10-8-7(11)2-1-5-3-6(4-12)13-9(5)8/h1-4H. The molecule has 0 atom stereocenters. The molecule has 0 aliphatic carbocycles. The Morgan fingerprint density at radius 1 is 1.46 bits per heavy atom. The maximum atomic E-state index is 12.9. The van der Waals surface area contributed by atoms with Crippen molar-refractivity contribution in [3.63, 3.8) is 0 Å².